The molecule has 2 rings (SSSR count). The maximum absolute atomic E-state index is 12.2. The summed E-state index contributed by atoms with van der Waals surface area (Å²) in [5, 5.41) is 19.6. The third-order valence-electron chi connectivity index (χ3n) is 3.08. The van der Waals surface area contributed by atoms with Gasteiger partial charge in [0.2, 0.25) is 10.0 Å². The number of oxime groups is 1. The van der Waals surface area contributed by atoms with E-state index in [1.54, 1.807) is 18.2 Å². The van der Waals surface area contributed by atoms with Gasteiger partial charge in [0.15, 0.2) is 0 Å². The molecule has 2 aromatic carbocycles. The van der Waals surface area contributed by atoms with E-state index in [0.29, 0.717) is 5.69 Å². The number of anilines is 1. The minimum absolute atomic E-state index is 0.0642. The van der Waals surface area contributed by atoms with Crippen LogP contribution in [0.25, 0.3) is 0 Å². The molecule has 2 aromatic rings. The lowest BCUT2D eigenvalue weighted by Gasteiger charge is -2.08. The van der Waals surface area contributed by atoms with E-state index in [4.69, 9.17) is 10.3 Å². The first-order valence-corrected chi connectivity index (χ1v) is 9.03. The van der Waals surface area contributed by atoms with Crippen molar-refractivity contribution in [2.24, 2.45) is 10.3 Å². The number of hydrogen-bond acceptors (Lipinski definition) is 5. The number of halogens is 1. The maximum Gasteiger partial charge on any atom is 0.273 e. The van der Waals surface area contributed by atoms with Gasteiger partial charge in [0.25, 0.3) is 5.91 Å². The van der Waals surface area contributed by atoms with E-state index in [-0.39, 0.29) is 17.0 Å². The molecule has 0 aliphatic heterocycles. The molecule has 0 heterocycles. The molecule has 0 aliphatic rings. The minimum Gasteiger partial charge on any atom is -0.410 e. The second-order valence-electron chi connectivity index (χ2n) is 4.88. The normalized spacial score (nSPS) is 12.0. The molecule has 24 heavy (non-hydrogen) atoms. The molecule has 4 N–H and O–H groups in total. The van der Waals surface area contributed by atoms with Crippen molar-refractivity contribution in [3.63, 3.8) is 0 Å². The van der Waals surface area contributed by atoms with Crippen molar-refractivity contribution in [3.8, 4) is 0 Å². The van der Waals surface area contributed by atoms with Crippen LogP contribution < -0.4 is 10.5 Å². The number of nitrogens with one attached hydrogen (secondary N) is 1. The predicted molar refractivity (Wildman–Crippen MR) is 93.5 cm³/mol. The summed E-state index contributed by atoms with van der Waals surface area (Å²) in [4.78, 5) is 12.1. The highest BCUT2D eigenvalue weighted by atomic mass is 79.9. The van der Waals surface area contributed by atoms with Crippen LogP contribution in [-0.4, -0.2) is 25.2 Å². The molecule has 1 amide bonds. The van der Waals surface area contributed by atoms with Gasteiger partial charge < -0.3 is 10.5 Å². The Balaban J connectivity index is 2.10. The highest BCUT2D eigenvalue weighted by Crippen LogP contribution is 2.15. The lowest BCUT2D eigenvalue weighted by Crippen LogP contribution is -2.25. The van der Waals surface area contributed by atoms with Crippen LogP contribution in [0.3, 0.4) is 0 Å². The first kappa shape index (κ1) is 18.1. The summed E-state index contributed by atoms with van der Waals surface area (Å²) in [7, 11) is -3.79. The second-order valence-corrected chi connectivity index (χ2v) is 7.35. The number of primary sulfonamides is 1. The van der Waals surface area contributed by atoms with Crippen LogP contribution in [0.5, 0.6) is 0 Å². The molecule has 126 valence electrons. The number of amides is 1. The fourth-order valence-corrected chi connectivity index (χ4v) is 2.89. The van der Waals surface area contributed by atoms with Crippen molar-refractivity contribution in [1.29, 1.82) is 0 Å². The zero-order valence-electron chi connectivity index (χ0n) is 12.3. The standard InChI is InChI=1S/C15H14BrN3O4S/c16-11-3-1-2-10(8-11)9-14(19-21)15(20)18-12-4-6-13(7-5-12)24(17,22)23/h1-8,21H,9H2,(H,18,20)(H2,17,22,23)/b19-14+. The first-order chi connectivity index (χ1) is 11.3. The molecule has 0 fully saturated rings. The van der Waals surface area contributed by atoms with Gasteiger partial charge in [-0.25, -0.2) is 13.6 Å². The van der Waals surface area contributed by atoms with Gasteiger partial charge in [-0.15, -0.1) is 0 Å². The largest absolute Gasteiger partial charge is 0.410 e. The van der Waals surface area contributed by atoms with Crippen molar-refractivity contribution in [3.05, 3.63) is 58.6 Å². The van der Waals surface area contributed by atoms with E-state index in [9.17, 15) is 13.2 Å². The average Bonchev–Trinajstić information content (AvgIpc) is 2.52. The Morgan fingerprint density at radius 3 is 2.42 bits per heavy atom. The molecule has 9 heteroatoms. The number of hydrogen-bond donors (Lipinski definition) is 3. The molecule has 0 unspecified atom stereocenters. The lowest BCUT2D eigenvalue weighted by molar-refractivity contribution is -0.110. The predicted octanol–water partition coefficient (Wildman–Crippen LogP) is 2.11. The molecule has 0 saturated heterocycles. The van der Waals surface area contributed by atoms with Crippen molar-refractivity contribution >= 4 is 43.3 Å². The first-order valence-electron chi connectivity index (χ1n) is 6.69. The van der Waals surface area contributed by atoms with Gasteiger partial charge in [0.1, 0.15) is 5.71 Å². The average molecular weight is 412 g/mol. The summed E-state index contributed by atoms with van der Waals surface area (Å²) >= 11 is 3.33. The fourth-order valence-electron chi connectivity index (χ4n) is 1.93. The number of nitrogens with zero attached hydrogens (tertiary/aromatic N) is 1. The third-order valence-corrected chi connectivity index (χ3v) is 4.51. The van der Waals surface area contributed by atoms with Crippen LogP contribution in [0, 0.1) is 0 Å². The number of carbonyl (C=O) groups excluding carboxylic acids is 1. The summed E-state index contributed by atoms with van der Waals surface area (Å²) < 4.78 is 23.2. The van der Waals surface area contributed by atoms with Crippen LogP contribution in [0.2, 0.25) is 0 Å². The summed E-state index contributed by atoms with van der Waals surface area (Å²) in [6.07, 6.45) is 0.136. The van der Waals surface area contributed by atoms with Gasteiger partial charge in [-0.1, -0.05) is 33.2 Å². The highest BCUT2D eigenvalue weighted by Gasteiger charge is 2.14. The summed E-state index contributed by atoms with van der Waals surface area (Å²) in [6.45, 7) is 0. The molecule has 0 spiro atoms. The van der Waals surface area contributed by atoms with Gasteiger partial charge >= 0.3 is 0 Å². The molecule has 0 bridgehead atoms. The smallest absolute Gasteiger partial charge is 0.273 e. The topological polar surface area (TPSA) is 122 Å². The van der Waals surface area contributed by atoms with Crippen LogP contribution in [0.4, 0.5) is 5.69 Å². The minimum atomic E-state index is -3.79. The zero-order valence-corrected chi connectivity index (χ0v) is 14.7. The van der Waals surface area contributed by atoms with Gasteiger partial charge in [-0.05, 0) is 42.0 Å². The monoisotopic (exact) mass is 411 g/mol. The Bertz CT molecular complexity index is 880. The van der Waals surface area contributed by atoms with Crippen LogP contribution in [0.1, 0.15) is 5.56 Å². The Kier molecular flexibility index (Phi) is 5.71. The molecule has 0 saturated carbocycles. The number of nitrogens with two attached hydrogens (primary N) is 1. The third kappa shape index (κ3) is 4.88. The Labute approximate surface area is 147 Å². The molecular formula is C15H14BrN3O4S. The van der Waals surface area contributed by atoms with Crippen LogP contribution in [0.15, 0.2) is 63.1 Å². The lowest BCUT2D eigenvalue weighted by atomic mass is 10.1. The van der Waals surface area contributed by atoms with Crippen LogP contribution in [-0.2, 0) is 21.2 Å². The Morgan fingerprint density at radius 2 is 1.88 bits per heavy atom. The molecule has 7 nitrogen and oxygen atoms in total. The van der Waals surface area contributed by atoms with E-state index < -0.39 is 15.9 Å². The van der Waals surface area contributed by atoms with Crippen molar-refractivity contribution in [1.82, 2.24) is 0 Å². The van der Waals surface area contributed by atoms with E-state index in [1.807, 2.05) is 6.07 Å². The summed E-state index contributed by atoms with van der Waals surface area (Å²) in [6, 6.07) is 12.6. The fraction of sp³-hybridized carbons (Fsp3) is 0.0667. The van der Waals surface area contributed by atoms with Gasteiger partial charge in [-0.2, -0.15) is 0 Å². The van der Waals surface area contributed by atoms with Crippen LogP contribution >= 0.6 is 15.9 Å². The van der Waals surface area contributed by atoms with Gasteiger partial charge in [0, 0.05) is 16.6 Å². The zero-order chi connectivity index (χ0) is 17.7. The molecule has 0 aromatic heterocycles. The van der Waals surface area contributed by atoms with Crippen molar-refractivity contribution in [2.75, 3.05) is 5.32 Å². The Morgan fingerprint density at radius 1 is 1.21 bits per heavy atom. The number of carbonyl (C=O) groups is 1. The quantitative estimate of drug-likeness (QED) is 0.396. The number of rotatable bonds is 5. The number of benzene rings is 2. The van der Waals surface area contributed by atoms with E-state index in [2.05, 4.69) is 26.4 Å². The Hall–Kier alpha value is -2.23. The van der Waals surface area contributed by atoms with Crippen molar-refractivity contribution < 1.29 is 18.4 Å². The molecule has 0 atom stereocenters. The molecular weight excluding hydrogens is 398 g/mol. The van der Waals surface area contributed by atoms with Gasteiger partial charge in [0.05, 0.1) is 4.90 Å². The van der Waals surface area contributed by atoms with Gasteiger partial charge in [-0.3, -0.25) is 4.79 Å². The van der Waals surface area contributed by atoms with Crippen molar-refractivity contribution in [2.45, 2.75) is 11.3 Å². The molecule has 0 radical (unpaired) electrons. The SMILES string of the molecule is NS(=O)(=O)c1ccc(NC(=O)/C(Cc2cccc(Br)c2)=N/O)cc1. The number of sulfonamides is 1. The molecule has 0 aliphatic carbocycles. The summed E-state index contributed by atoms with van der Waals surface area (Å²) in [5.41, 5.74) is 1.06. The van der Waals surface area contributed by atoms with E-state index in [0.717, 1.165) is 10.0 Å². The maximum atomic E-state index is 12.2. The van der Waals surface area contributed by atoms with E-state index in [1.165, 1.54) is 24.3 Å². The highest BCUT2D eigenvalue weighted by molar-refractivity contribution is 9.10. The summed E-state index contributed by atoms with van der Waals surface area (Å²) in [5.74, 6) is -0.596. The second kappa shape index (κ2) is 7.56. The van der Waals surface area contributed by atoms with E-state index >= 15 is 0 Å².